The number of halogens is 2. The standard InChI is InChI=1S/C13H20BrClN2/c1-4-9(2)17(3)13(8-16)10-5-6-11(14)12(15)7-10/h5-7,9,13H,4,8,16H2,1-3H3. The van der Waals surface area contributed by atoms with Crippen LogP contribution < -0.4 is 5.73 Å². The van der Waals surface area contributed by atoms with Gasteiger partial charge in [0.05, 0.1) is 5.02 Å². The average Bonchev–Trinajstić information content (AvgIpc) is 2.33. The molecular weight excluding hydrogens is 300 g/mol. The van der Waals surface area contributed by atoms with Gasteiger partial charge in [-0.15, -0.1) is 0 Å². The van der Waals surface area contributed by atoms with Crippen LogP contribution >= 0.6 is 27.5 Å². The minimum atomic E-state index is 0.218. The van der Waals surface area contributed by atoms with E-state index < -0.39 is 0 Å². The quantitative estimate of drug-likeness (QED) is 0.893. The fraction of sp³-hybridized carbons (Fsp3) is 0.538. The van der Waals surface area contributed by atoms with Crippen molar-refractivity contribution in [3.63, 3.8) is 0 Å². The first-order chi connectivity index (χ1) is 8.01. The van der Waals surface area contributed by atoms with E-state index in [2.05, 4.69) is 47.8 Å². The Balaban J connectivity index is 2.97. The van der Waals surface area contributed by atoms with E-state index in [1.807, 2.05) is 12.1 Å². The van der Waals surface area contributed by atoms with E-state index in [0.29, 0.717) is 12.6 Å². The third kappa shape index (κ3) is 3.68. The van der Waals surface area contributed by atoms with Crippen LogP contribution in [0.2, 0.25) is 5.02 Å². The highest BCUT2D eigenvalue weighted by Crippen LogP contribution is 2.28. The zero-order chi connectivity index (χ0) is 13.0. The van der Waals surface area contributed by atoms with Gasteiger partial charge in [0, 0.05) is 23.1 Å². The van der Waals surface area contributed by atoms with Crippen molar-refractivity contribution in [2.45, 2.75) is 32.4 Å². The largest absolute Gasteiger partial charge is 0.329 e. The fourth-order valence-corrected chi connectivity index (χ4v) is 2.29. The van der Waals surface area contributed by atoms with Gasteiger partial charge >= 0.3 is 0 Å². The molecule has 0 heterocycles. The highest BCUT2D eigenvalue weighted by atomic mass is 79.9. The van der Waals surface area contributed by atoms with Crippen LogP contribution in [0.3, 0.4) is 0 Å². The Morgan fingerprint density at radius 1 is 1.47 bits per heavy atom. The molecule has 0 bridgehead atoms. The van der Waals surface area contributed by atoms with Crippen LogP contribution in [0.5, 0.6) is 0 Å². The van der Waals surface area contributed by atoms with Crippen LogP contribution in [-0.4, -0.2) is 24.5 Å². The predicted molar refractivity (Wildman–Crippen MR) is 78.5 cm³/mol. The molecule has 1 rings (SSSR count). The second-order valence-electron chi connectivity index (χ2n) is 4.35. The molecule has 0 saturated heterocycles. The Morgan fingerprint density at radius 2 is 2.12 bits per heavy atom. The maximum absolute atomic E-state index is 6.13. The van der Waals surface area contributed by atoms with E-state index in [9.17, 15) is 0 Å². The van der Waals surface area contributed by atoms with E-state index >= 15 is 0 Å². The summed E-state index contributed by atoms with van der Waals surface area (Å²) in [6, 6.07) is 6.76. The first-order valence-corrected chi connectivity index (χ1v) is 7.05. The third-order valence-electron chi connectivity index (χ3n) is 3.33. The molecule has 4 heteroatoms. The highest BCUT2D eigenvalue weighted by Gasteiger charge is 2.19. The lowest BCUT2D eigenvalue weighted by Crippen LogP contribution is -2.36. The molecule has 0 radical (unpaired) electrons. The first-order valence-electron chi connectivity index (χ1n) is 5.88. The van der Waals surface area contributed by atoms with Gasteiger partial charge < -0.3 is 5.73 Å². The highest BCUT2D eigenvalue weighted by molar-refractivity contribution is 9.10. The molecule has 2 nitrogen and oxygen atoms in total. The summed E-state index contributed by atoms with van der Waals surface area (Å²) in [6.07, 6.45) is 1.11. The van der Waals surface area contributed by atoms with Gasteiger partial charge in [-0.25, -0.2) is 0 Å². The van der Waals surface area contributed by atoms with Crippen LogP contribution in [0.4, 0.5) is 0 Å². The maximum atomic E-state index is 6.13. The van der Waals surface area contributed by atoms with Crippen molar-refractivity contribution >= 4 is 27.5 Å². The van der Waals surface area contributed by atoms with Gasteiger partial charge in [0.25, 0.3) is 0 Å². The van der Waals surface area contributed by atoms with Gasteiger partial charge in [-0.05, 0) is 54.0 Å². The third-order valence-corrected chi connectivity index (χ3v) is 4.56. The van der Waals surface area contributed by atoms with Crippen LogP contribution in [-0.2, 0) is 0 Å². The van der Waals surface area contributed by atoms with Crippen LogP contribution in [0.1, 0.15) is 31.9 Å². The Bertz CT molecular complexity index is 370. The van der Waals surface area contributed by atoms with E-state index in [4.69, 9.17) is 17.3 Å². The Hall–Kier alpha value is -0.0900. The summed E-state index contributed by atoms with van der Waals surface area (Å²) in [5, 5.41) is 0.735. The summed E-state index contributed by atoms with van der Waals surface area (Å²) in [5.74, 6) is 0. The minimum absolute atomic E-state index is 0.218. The fourth-order valence-electron chi connectivity index (χ4n) is 1.85. The summed E-state index contributed by atoms with van der Waals surface area (Å²) in [6.45, 7) is 4.99. The Kier molecular flexibility index (Phi) is 5.93. The molecule has 2 unspecified atom stereocenters. The molecule has 96 valence electrons. The predicted octanol–water partition coefficient (Wildman–Crippen LogP) is 3.83. The molecule has 0 aromatic heterocycles. The Labute approximate surface area is 117 Å². The normalized spacial score (nSPS) is 15.0. The molecule has 1 aromatic carbocycles. The van der Waals surface area contributed by atoms with Gasteiger partial charge in [0.2, 0.25) is 0 Å². The summed E-state index contributed by atoms with van der Waals surface area (Å²) in [4.78, 5) is 2.31. The molecule has 0 fully saturated rings. The SMILES string of the molecule is CCC(C)N(C)C(CN)c1ccc(Br)c(Cl)c1. The van der Waals surface area contributed by atoms with Crippen molar-refractivity contribution in [3.05, 3.63) is 33.3 Å². The van der Waals surface area contributed by atoms with Gasteiger partial charge in [-0.1, -0.05) is 24.6 Å². The lowest BCUT2D eigenvalue weighted by Gasteiger charge is -2.32. The van der Waals surface area contributed by atoms with Gasteiger partial charge in [-0.3, -0.25) is 4.90 Å². The number of nitrogens with zero attached hydrogens (tertiary/aromatic N) is 1. The van der Waals surface area contributed by atoms with Crippen LogP contribution in [0.25, 0.3) is 0 Å². The van der Waals surface area contributed by atoms with Crippen molar-refractivity contribution < 1.29 is 0 Å². The lowest BCUT2D eigenvalue weighted by atomic mass is 10.0. The molecule has 0 aliphatic rings. The van der Waals surface area contributed by atoms with Crippen molar-refractivity contribution in [3.8, 4) is 0 Å². The van der Waals surface area contributed by atoms with Crippen molar-refractivity contribution in [1.29, 1.82) is 0 Å². The van der Waals surface area contributed by atoms with E-state index in [0.717, 1.165) is 15.9 Å². The zero-order valence-corrected chi connectivity index (χ0v) is 12.9. The summed E-state index contributed by atoms with van der Waals surface area (Å²) >= 11 is 9.53. The second kappa shape index (κ2) is 6.74. The van der Waals surface area contributed by atoms with E-state index in [-0.39, 0.29) is 6.04 Å². The molecule has 0 aliphatic carbocycles. The molecule has 0 aliphatic heterocycles. The van der Waals surface area contributed by atoms with E-state index in [1.165, 1.54) is 5.56 Å². The second-order valence-corrected chi connectivity index (χ2v) is 5.61. The molecule has 2 atom stereocenters. The molecular formula is C13H20BrClN2. The van der Waals surface area contributed by atoms with Gasteiger partial charge in [-0.2, -0.15) is 0 Å². The Morgan fingerprint density at radius 3 is 2.59 bits per heavy atom. The van der Waals surface area contributed by atoms with Crippen molar-refractivity contribution in [1.82, 2.24) is 4.90 Å². The molecule has 2 N–H and O–H groups in total. The van der Waals surface area contributed by atoms with E-state index in [1.54, 1.807) is 0 Å². The number of benzene rings is 1. The topological polar surface area (TPSA) is 29.3 Å². The molecule has 17 heavy (non-hydrogen) atoms. The minimum Gasteiger partial charge on any atom is -0.329 e. The number of hydrogen-bond acceptors (Lipinski definition) is 2. The van der Waals surface area contributed by atoms with Gasteiger partial charge in [0.15, 0.2) is 0 Å². The van der Waals surface area contributed by atoms with Gasteiger partial charge in [0.1, 0.15) is 0 Å². The molecule has 0 spiro atoms. The maximum Gasteiger partial charge on any atom is 0.0551 e. The summed E-state index contributed by atoms with van der Waals surface area (Å²) < 4.78 is 0.921. The zero-order valence-electron chi connectivity index (χ0n) is 10.6. The smallest absolute Gasteiger partial charge is 0.0551 e. The van der Waals surface area contributed by atoms with Crippen molar-refractivity contribution in [2.75, 3.05) is 13.6 Å². The van der Waals surface area contributed by atoms with Crippen LogP contribution in [0, 0.1) is 0 Å². The lowest BCUT2D eigenvalue weighted by molar-refractivity contribution is 0.184. The number of rotatable bonds is 5. The number of likely N-dealkylation sites (N-methyl/N-ethyl adjacent to an activating group) is 1. The summed E-state index contributed by atoms with van der Waals surface area (Å²) in [7, 11) is 2.11. The number of hydrogen-bond donors (Lipinski definition) is 1. The van der Waals surface area contributed by atoms with Crippen molar-refractivity contribution in [2.24, 2.45) is 5.73 Å². The number of nitrogens with two attached hydrogens (primary N) is 1. The first kappa shape index (κ1) is 15.0. The van der Waals surface area contributed by atoms with Crippen LogP contribution in [0.15, 0.2) is 22.7 Å². The average molecular weight is 320 g/mol. The molecule has 0 saturated carbocycles. The molecule has 1 aromatic rings. The monoisotopic (exact) mass is 318 g/mol. The summed E-state index contributed by atoms with van der Waals surface area (Å²) in [5.41, 5.74) is 7.06. The molecule has 0 amide bonds.